The van der Waals surface area contributed by atoms with Gasteiger partial charge in [-0.2, -0.15) is 0 Å². The van der Waals surface area contributed by atoms with Crippen LogP contribution in [0.5, 0.6) is 0 Å². The second-order valence-corrected chi connectivity index (χ2v) is 5.04. The van der Waals surface area contributed by atoms with Crippen LogP contribution in [-0.2, 0) is 14.3 Å². The van der Waals surface area contributed by atoms with Crippen molar-refractivity contribution in [3.8, 4) is 0 Å². The van der Waals surface area contributed by atoms with E-state index in [0.717, 1.165) is 13.1 Å². The van der Waals surface area contributed by atoms with Gasteiger partial charge in [-0.1, -0.05) is 6.92 Å². The molecule has 1 rings (SSSR count). The molecule has 1 amide bonds. The summed E-state index contributed by atoms with van der Waals surface area (Å²) in [5.74, 6) is -0.195. The van der Waals surface area contributed by atoms with E-state index in [1.807, 2.05) is 6.92 Å². The maximum Gasteiger partial charge on any atom is 0.331 e. The molecule has 17 heavy (non-hydrogen) atoms. The predicted octanol–water partition coefficient (Wildman–Crippen LogP) is 0.300. The van der Waals surface area contributed by atoms with Gasteiger partial charge in [-0.3, -0.25) is 4.79 Å². The van der Waals surface area contributed by atoms with Crippen LogP contribution in [-0.4, -0.2) is 37.1 Å². The second kappa shape index (κ2) is 5.49. The standard InChI is InChI=1S/C12H22N2O3/c1-5-17-11(16)12(3,4)14-10(15)8(2)9-6-13-7-9/h8-9,13H,5-7H2,1-4H3,(H,14,15). The van der Waals surface area contributed by atoms with Crippen LogP contribution in [0.4, 0.5) is 0 Å². The summed E-state index contributed by atoms with van der Waals surface area (Å²) >= 11 is 0. The molecule has 0 aromatic rings. The Hall–Kier alpha value is -1.10. The lowest BCUT2D eigenvalue weighted by Crippen LogP contribution is -2.56. The lowest BCUT2D eigenvalue weighted by molar-refractivity contribution is -0.152. The predicted molar refractivity (Wildman–Crippen MR) is 64.4 cm³/mol. The smallest absolute Gasteiger partial charge is 0.331 e. The molecule has 1 saturated heterocycles. The minimum atomic E-state index is -0.960. The topological polar surface area (TPSA) is 67.4 Å². The van der Waals surface area contributed by atoms with Crippen LogP contribution >= 0.6 is 0 Å². The molecular formula is C12H22N2O3. The van der Waals surface area contributed by atoms with Gasteiger partial charge in [0.25, 0.3) is 0 Å². The van der Waals surface area contributed by atoms with Gasteiger partial charge >= 0.3 is 5.97 Å². The number of nitrogens with one attached hydrogen (secondary N) is 2. The van der Waals surface area contributed by atoms with Gasteiger partial charge in [-0.05, 0) is 39.8 Å². The molecule has 0 bridgehead atoms. The van der Waals surface area contributed by atoms with Crippen LogP contribution in [0.15, 0.2) is 0 Å². The highest BCUT2D eigenvalue weighted by atomic mass is 16.5. The lowest BCUT2D eigenvalue weighted by atomic mass is 9.87. The van der Waals surface area contributed by atoms with Gasteiger partial charge in [-0.15, -0.1) is 0 Å². The first-order chi connectivity index (χ1) is 7.88. The Labute approximate surface area is 102 Å². The van der Waals surface area contributed by atoms with Gasteiger partial charge < -0.3 is 15.4 Å². The third-order valence-electron chi connectivity index (χ3n) is 3.16. The molecule has 1 atom stereocenters. The number of hydrogen-bond donors (Lipinski definition) is 2. The van der Waals surface area contributed by atoms with Gasteiger partial charge in [0.1, 0.15) is 5.54 Å². The molecule has 1 fully saturated rings. The summed E-state index contributed by atoms with van der Waals surface area (Å²) in [7, 11) is 0. The zero-order valence-electron chi connectivity index (χ0n) is 11.0. The van der Waals surface area contributed by atoms with E-state index in [0.29, 0.717) is 12.5 Å². The van der Waals surface area contributed by atoms with E-state index in [1.165, 1.54) is 0 Å². The Morgan fingerprint density at radius 1 is 1.47 bits per heavy atom. The average molecular weight is 242 g/mol. The summed E-state index contributed by atoms with van der Waals surface area (Å²) in [5, 5.41) is 5.88. The fourth-order valence-corrected chi connectivity index (χ4v) is 1.66. The molecule has 1 heterocycles. The summed E-state index contributed by atoms with van der Waals surface area (Å²) in [6, 6.07) is 0. The third kappa shape index (κ3) is 3.43. The molecule has 0 radical (unpaired) electrons. The fraction of sp³-hybridized carbons (Fsp3) is 0.833. The van der Waals surface area contributed by atoms with Crippen molar-refractivity contribution in [3.63, 3.8) is 0 Å². The fourth-order valence-electron chi connectivity index (χ4n) is 1.66. The molecule has 0 aromatic carbocycles. The Kier molecular flexibility index (Phi) is 4.51. The Morgan fingerprint density at radius 2 is 2.06 bits per heavy atom. The lowest BCUT2D eigenvalue weighted by Gasteiger charge is -2.33. The van der Waals surface area contributed by atoms with Crippen molar-refractivity contribution < 1.29 is 14.3 Å². The molecule has 0 aromatic heterocycles. The average Bonchev–Trinajstić information content (AvgIpc) is 2.14. The van der Waals surface area contributed by atoms with E-state index < -0.39 is 11.5 Å². The SMILES string of the molecule is CCOC(=O)C(C)(C)NC(=O)C(C)C1CNC1. The van der Waals surface area contributed by atoms with Gasteiger partial charge in [0.2, 0.25) is 5.91 Å². The molecule has 0 spiro atoms. The number of carbonyl (C=O) groups is 2. The molecular weight excluding hydrogens is 220 g/mol. The zero-order chi connectivity index (χ0) is 13.1. The first-order valence-electron chi connectivity index (χ1n) is 6.08. The molecule has 5 heteroatoms. The van der Waals surface area contributed by atoms with Crippen molar-refractivity contribution in [1.82, 2.24) is 10.6 Å². The first kappa shape index (κ1) is 14.0. The number of hydrogen-bond acceptors (Lipinski definition) is 4. The molecule has 0 saturated carbocycles. The van der Waals surface area contributed by atoms with Crippen molar-refractivity contribution in [2.75, 3.05) is 19.7 Å². The molecule has 98 valence electrons. The first-order valence-corrected chi connectivity index (χ1v) is 6.08. The van der Waals surface area contributed by atoms with E-state index in [9.17, 15) is 9.59 Å². The number of amides is 1. The zero-order valence-corrected chi connectivity index (χ0v) is 11.0. The Balaban J connectivity index is 2.50. The van der Waals surface area contributed by atoms with Crippen LogP contribution < -0.4 is 10.6 Å². The number of esters is 1. The van der Waals surface area contributed by atoms with Crippen molar-refractivity contribution in [2.45, 2.75) is 33.2 Å². The summed E-state index contributed by atoms with van der Waals surface area (Å²) in [5.41, 5.74) is -0.960. The summed E-state index contributed by atoms with van der Waals surface area (Å²) < 4.78 is 4.92. The number of ether oxygens (including phenoxy) is 1. The Bertz CT molecular complexity index is 298. The number of rotatable bonds is 5. The quantitative estimate of drug-likeness (QED) is 0.680. The largest absolute Gasteiger partial charge is 0.464 e. The maximum atomic E-state index is 12.0. The highest BCUT2D eigenvalue weighted by Gasteiger charge is 2.35. The van der Waals surface area contributed by atoms with Crippen LogP contribution in [0.1, 0.15) is 27.7 Å². The van der Waals surface area contributed by atoms with Crippen LogP contribution in [0.2, 0.25) is 0 Å². The van der Waals surface area contributed by atoms with Gasteiger partial charge in [0.05, 0.1) is 6.61 Å². The molecule has 2 N–H and O–H groups in total. The van der Waals surface area contributed by atoms with E-state index in [-0.39, 0.29) is 11.8 Å². The van der Waals surface area contributed by atoms with Crippen LogP contribution in [0, 0.1) is 11.8 Å². The summed E-state index contributed by atoms with van der Waals surface area (Å²) in [6.07, 6.45) is 0. The normalized spacial score (nSPS) is 18.1. The highest BCUT2D eigenvalue weighted by Crippen LogP contribution is 2.17. The minimum Gasteiger partial charge on any atom is -0.464 e. The van der Waals surface area contributed by atoms with Crippen molar-refractivity contribution >= 4 is 11.9 Å². The van der Waals surface area contributed by atoms with E-state index in [1.54, 1.807) is 20.8 Å². The molecule has 1 unspecified atom stereocenters. The van der Waals surface area contributed by atoms with Crippen molar-refractivity contribution in [3.05, 3.63) is 0 Å². The van der Waals surface area contributed by atoms with Crippen LogP contribution in [0.25, 0.3) is 0 Å². The van der Waals surface area contributed by atoms with Gasteiger partial charge in [-0.25, -0.2) is 4.79 Å². The van der Waals surface area contributed by atoms with Gasteiger partial charge in [0, 0.05) is 5.92 Å². The van der Waals surface area contributed by atoms with E-state index >= 15 is 0 Å². The van der Waals surface area contributed by atoms with Crippen LogP contribution in [0.3, 0.4) is 0 Å². The molecule has 5 nitrogen and oxygen atoms in total. The third-order valence-corrected chi connectivity index (χ3v) is 3.16. The van der Waals surface area contributed by atoms with Gasteiger partial charge in [0.15, 0.2) is 0 Å². The minimum absolute atomic E-state index is 0.0787. The molecule has 0 aliphatic carbocycles. The summed E-state index contributed by atoms with van der Waals surface area (Å²) in [6.45, 7) is 9.02. The Morgan fingerprint density at radius 3 is 2.47 bits per heavy atom. The number of carbonyl (C=O) groups excluding carboxylic acids is 2. The molecule has 1 aliphatic rings. The van der Waals surface area contributed by atoms with E-state index in [4.69, 9.17) is 4.74 Å². The summed E-state index contributed by atoms with van der Waals surface area (Å²) in [4.78, 5) is 23.6. The second-order valence-electron chi connectivity index (χ2n) is 5.04. The maximum absolute atomic E-state index is 12.0. The van der Waals surface area contributed by atoms with Crippen molar-refractivity contribution in [1.29, 1.82) is 0 Å². The molecule has 1 aliphatic heterocycles. The monoisotopic (exact) mass is 242 g/mol. The van der Waals surface area contributed by atoms with Crippen molar-refractivity contribution in [2.24, 2.45) is 11.8 Å². The van der Waals surface area contributed by atoms with E-state index in [2.05, 4.69) is 10.6 Å². The highest BCUT2D eigenvalue weighted by molar-refractivity contribution is 5.88.